The molecule has 0 bridgehead atoms. The van der Waals surface area contributed by atoms with Crippen molar-refractivity contribution >= 4 is 5.84 Å². The Labute approximate surface area is 70.7 Å². The van der Waals surface area contributed by atoms with Crippen molar-refractivity contribution in [2.75, 3.05) is 0 Å². The molecule has 0 saturated heterocycles. The molecule has 0 radical (unpaired) electrons. The molecule has 1 aromatic heterocycles. The molecule has 0 aliphatic heterocycles. The fourth-order valence-electron chi connectivity index (χ4n) is 0.959. The van der Waals surface area contributed by atoms with Gasteiger partial charge in [0.15, 0.2) is 0 Å². The van der Waals surface area contributed by atoms with Gasteiger partial charge in [-0.15, -0.1) is 0 Å². The van der Waals surface area contributed by atoms with Crippen LogP contribution in [-0.4, -0.2) is 16.0 Å². The van der Waals surface area contributed by atoms with E-state index in [1.165, 1.54) is 0 Å². The molecular weight excluding hydrogens is 154 g/mol. The molecule has 0 spiro atoms. The summed E-state index contributed by atoms with van der Waals surface area (Å²) in [5.41, 5.74) is 7.26. The highest BCUT2D eigenvalue weighted by Gasteiger charge is 1.96. The third-order valence-electron chi connectivity index (χ3n) is 1.47. The molecule has 1 aromatic rings. The van der Waals surface area contributed by atoms with Crippen LogP contribution in [0.25, 0.3) is 0 Å². The van der Waals surface area contributed by atoms with E-state index < -0.39 is 0 Å². The number of oxime groups is 1. The van der Waals surface area contributed by atoms with Crippen molar-refractivity contribution in [3.8, 4) is 0 Å². The average Bonchev–Trinajstić information content (AvgIpc) is 2.04. The number of aryl methyl sites for hydroxylation is 1. The van der Waals surface area contributed by atoms with Gasteiger partial charge in [0.2, 0.25) is 0 Å². The maximum Gasteiger partial charge on any atom is 0.143 e. The Hall–Kier alpha value is -1.58. The van der Waals surface area contributed by atoms with Gasteiger partial charge in [-0.05, 0) is 24.6 Å². The number of amidine groups is 1. The van der Waals surface area contributed by atoms with Crippen LogP contribution in [0.2, 0.25) is 0 Å². The van der Waals surface area contributed by atoms with E-state index in [4.69, 9.17) is 10.9 Å². The number of hydrogen-bond acceptors (Lipinski definition) is 3. The number of aromatic nitrogens is 1. The molecule has 12 heavy (non-hydrogen) atoms. The van der Waals surface area contributed by atoms with Crippen LogP contribution in [0, 0.1) is 6.92 Å². The molecule has 3 N–H and O–H groups in total. The normalized spacial score (nSPS) is 11.6. The Morgan fingerprint density at radius 1 is 1.75 bits per heavy atom. The summed E-state index contributed by atoms with van der Waals surface area (Å²) >= 11 is 0. The summed E-state index contributed by atoms with van der Waals surface area (Å²) in [6.07, 6.45) is 2.16. The molecule has 4 nitrogen and oxygen atoms in total. The van der Waals surface area contributed by atoms with E-state index >= 15 is 0 Å². The van der Waals surface area contributed by atoms with Crippen LogP contribution in [0.4, 0.5) is 0 Å². The first-order valence-corrected chi connectivity index (χ1v) is 3.60. The molecule has 0 fully saturated rings. The van der Waals surface area contributed by atoms with E-state index in [1.807, 2.05) is 19.1 Å². The maximum atomic E-state index is 8.31. The van der Waals surface area contributed by atoms with Crippen LogP contribution < -0.4 is 5.73 Å². The van der Waals surface area contributed by atoms with Crippen molar-refractivity contribution < 1.29 is 5.21 Å². The van der Waals surface area contributed by atoms with Gasteiger partial charge in [-0.3, -0.25) is 4.98 Å². The molecule has 0 amide bonds. The SMILES string of the molecule is Cc1cc(CC(N)=NO)ccn1. The monoisotopic (exact) mass is 165 g/mol. The molecule has 0 aromatic carbocycles. The molecule has 4 heteroatoms. The largest absolute Gasteiger partial charge is 0.409 e. The number of hydrogen-bond donors (Lipinski definition) is 2. The van der Waals surface area contributed by atoms with Gasteiger partial charge in [0.05, 0.1) is 0 Å². The lowest BCUT2D eigenvalue weighted by Crippen LogP contribution is -2.14. The van der Waals surface area contributed by atoms with E-state index in [2.05, 4.69) is 10.1 Å². The Kier molecular flexibility index (Phi) is 2.63. The number of rotatable bonds is 2. The van der Waals surface area contributed by atoms with E-state index in [9.17, 15) is 0 Å². The van der Waals surface area contributed by atoms with Gasteiger partial charge in [0, 0.05) is 18.3 Å². The first-order valence-electron chi connectivity index (χ1n) is 3.60. The topological polar surface area (TPSA) is 71.5 Å². The molecule has 0 unspecified atom stereocenters. The summed E-state index contributed by atoms with van der Waals surface area (Å²) in [5.74, 6) is 0.209. The summed E-state index contributed by atoms with van der Waals surface area (Å²) in [7, 11) is 0. The highest BCUT2D eigenvalue weighted by Crippen LogP contribution is 2.01. The van der Waals surface area contributed by atoms with Gasteiger partial charge in [-0.2, -0.15) is 0 Å². The van der Waals surface area contributed by atoms with Crippen LogP contribution in [0.15, 0.2) is 23.5 Å². The number of pyridine rings is 1. The standard InChI is InChI=1S/C8H11N3O/c1-6-4-7(2-3-10-6)5-8(9)11-12/h2-4,12H,5H2,1H3,(H2,9,11). The lowest BCUT2D eigenvalue weighted by atomic mass is 10.1. The van der Waals surface area contributed by atoms with E-state index in [1.54, 1.807) is 6.20 Å². The minimum absolute atomic E-state index is 0.209. The van der Waals surface area contributed by atoms with Crippen molar-refractivity contribution in [1.29, 1.82) is 0 Å². The molecule has 1 heterocycles. The Morgan fingerprint density at radius 2 is 2.50 bits per heavy atom. The second kappa shape index (κ2) is 3.71. The highest BCUT2D eigenvalue weighted by molar-refractivity contribution is 5.81. The Balaban J connectivity index is 2.76. The van der Waals surface area contributed by atoms with Gasteiger partial charge in [0.1, 0.15) is 5.84 Å². The van der Waals surface area contributed by atoms with Gasteiger partial charge < -0.3 is 10.9 Å². The first-order chi connectivity index (χ1) is 5.72. The van der Waals surface area contributed by atoms with Gasteiger partial charge >= 0.3 is 0 Å². The van der Waals surface area contributed by atoms with E-state index in [0.717, 1.165) is 11.3 Å². The summed E-state index contributed by atoms with van der Waals surface area (Å²) < 4.78 is 0. The molecule has 64 valence electrons. The lowest BCUT2D eigenvalue weighted by Gasteiger charge is -1.99. The van der Waals surface area contributed by atoms with E-state index in [0.29, 0.717) is 6.42 Å². The third kappa shape index (κ3) is 2.23. The fraction of sp³-hybridized carbons (Fsp3) is 0.250. The molecule has 0 atom stereocenters. The molecular formula is C8H11N3O. The molecule has 0 aliphatic carbocycles. The van der Waals surface area contributed by atoms with Crippen LogP contribution in [0.1, 0.15) is 11.3 Å². The Morgan fingerprint density at radius 3 is 3.08 bits per heavy atom. The molecule has 1 rings (SSSR count). The molecule has 0 aliphatic rings. The van der Waals surface area contributed by atoms with E-state index in [-0.39, 0.29) is 5.84 Å². The van der Waals surface area contributed by atoms with Crippen molar-refractivity contribution in [2.24, 2.45) is 10.9 Å². The quantitative estimate of drug-likeness (QED) is 0.293. The highest BCUT2D eigenvalue weighted by atomic mass is 16.4. The Bertz CT molecular complexity index is 296. The predicted octanol–water partition coefficient (Wildman–Crippen LogP) is 0.679. The zero-order chi connectivity index (χ0) is 8.97. The lowest BCUT2D eigenvalue weighted by molar-refractivity contribution is 0.317. The first kappa shape index (κ1) is 8.52. The smallest absolute Gasteiger partial charge is 0.143 e. The third-order valence-corrected chi connectivity index (χ3v) is 1.47. The van der Waals surface area contributed by atoms with Crippen molar-refractivity contribution in [3.05, 3.63) is 29.6 Å². The summed E-state index contributed by atoms with van der Waals surface area (Å²) in [6.45, 7) is 1.90. The fourth-order valence-corrected chi connectivity index (χ4v) is 0.959. The summed E-state index contributed by atoms with van der Waals surface area (Å²) in [5, 5.41) is 11.2. The summed E-state index contributed by atoms with van der Waals surface area (Å²) in [6, 6.07) is 3.74. The second-order valence-corrected chi connectivity index (χ2v) is 2.57. The second-order valence-electron chi connectivity index (χ2n) is 2.57. The zero-order valence-corrected chi connectivity index (χ0v) is 6.86. The van der Waals surface area contributed by atoms with Gasteiger partial charge in [-0.1, -0.05) is 5.16 Å². The van der Waals surface area contributed by atoms with Crippen molar-refractivity contribution in [2.45, 2.75) is 13.3 Å². The summed E-state index contributed by atoms with van der Waals surface area (Å²) in [4.78, 5) is 4.03. The van der Waals surface area contributed by atoms with Crippen LogP contribution in [0.3, 0.4) is 0 Å². The van der Waals surface area contributed by atoms with Crippen molar-refractivity contribution in [1.82, 2.24) is 4.98 Å². The van der Waals surface area contributed by atoms with Gasteiger partial charge in [0.25, 0.3) is 0 Å². The minimum Gasteiger partial charge on any atom is -0.409 e. The number of nitrogens with two attached hydrogens (primary N) is 1. The molecule has 0 saturated carbocycles. The predicted molar refractivity (Wildman–Crippen MR) is 46.1 cm³/mol. The van der Waals surface area contributed by atoms with Gasteiger partial charge in [-0.25, -0.2) is 0 Å². The van der Waals surface area contributed by atoms with Crippen LogP contribution >= 0.6 is 0 Å². The minimum atomic E-state index is 0.209. The van der Waals surface area contributed by atoms with Crippen LogP contribution in [0.5, 0.6) is 0 Å². The average molecular weight is 165 g/mol. The zero-order valence-electron chi connectivity index (χ0n) is 6.86. The van der Waals surface area contributed by atoms with Crippen molar-refractivity contribution in [3.63, 3.8) is 0 Å². The van der Waals surface area contributed by atoms with Crippen LogP contribution in [-0.2, 0) is 6.42 Å². The number of nitrogens with zero attached hydrogens (tertiary/aromatic N) is 2. The maximum absolute atomic E-state index is 8.31.